The van der Waals surface area contributed by atoms with Crippen LogP contribution in [0.15, 0.2) is 18.2 Å². The van der Waals surface area contributed by atoms with E-state index in [1.165, 1.54) is 38.5 Å². The Bertz CT molecular complexity index is 519. The van der Waals surface area contributed by atoms with Gasteiger partial charge in [-0.15, -0.1) is 0 Å². The number of nitrogens with one attached hydrogen (secondary N) is 1. The third-order valence-electron chi connectivity index (χ3n) is 6.39. The number of nitrogen functional groups attached to an aromatic ring is 1. The second kappa shape index (κ2) is 4.81. The lowest BCUT2D eigenvalue weighted by atomic mass is 9.48. The minimum absolute atomic E-state index is 0.478. The van der Waals surface area contributed by atoms with E-state index in [1.807, 2.05) is 18.2 Å². The molecule has 114 valence electrons. The van der Waals surface area contributed by atoms with E-state index in [0.29, 0.717) is 11.5 Å². The predicted molar refractivity (Wildman–Crippen MR) is 89.6 cm³/mol. The molecule has 4 fully saturated rings. The van der Waals surface area contributed by atoms with Crippen molar-refractivity contribution < 1.29 is 0 Å². The van der Waals surface area contributed by atoms with Crippen LogP contribution in [0.1, 0.15) is 45.4 Å². The number of hydrogen-bond acceptors (Lipinski definition) is 2. The lowest BCUT2D eigenvalue weighted by molar-refractivity contribution is -0.0602. The molecule has 0 saturated heterocycles. The topological polar surface area (TPSA) is 38.0 Å². The molecule has 3 N–H and O–H groups in total. The van der Waals surface area contributed by atoms with Gasteiger partial charge in [0.05, 0.1) is 11.4 Å². The first-order chi connectivity index (χ1) is 10.0. The molecule has 4 aliphatic rings. The summed E-state index contributed by atoms with van der Waals surface area (Å²) in [4.78, 5) is 0. The summed E-state index contributed by atoms with van der Waals surface area (Å²) in [6.45, 7) is 2.35. The summed E-state index contributed by atoms with van der Waals surface area (Å²) < 4.78 is 0. The zero-order valence-corrected chi connectivity index (χ0v) is 13.5. The average Bonchev–Trinajstić information content (AvgIpc) is 2.41. The summed E-state index contributed by atoms with van der Waals surface area (Å²) in [5.41, 5.74) is 8.40. The Morgan fingerprint density at radius 2 is 1.71 bits per heavy atom. The van der Waals surface area contributed by atoms with E-state index in [9.17, 15) is 0 Å². The lowest BCUT2D eigenvalue weighted by Crippen LogP contribution is -2.52. The molecule has 1 unspecified atom stereocenters. The SMILES string of the molecule is CC(Nc1cc(Cl)ccc1N)C12CC3CC(CC(C3)C1)C2. The number of anilines is 2. The van der Waals surface area contributed by atoms with E-state index in [2.05, 4.69) is 12.2 Å². The summed E-state index contributed by atoms with van der Waals surface area (Å²) in [7, 11) is 0. The highest BCUT2D eigenvalue weighted by Gasteiger charge is 2.53. The molecule has 2 nitrogen and oxygen atoms in total. The molecule has 1 aromatic carbocycles. The van der Waals surface area contributed by atoms with Gasteiger partial charge in [-0.05, 0) is 86.8 Å². The molecule has 3 heteroatoms. The van der Waals surface area contributed by atoms with E-state index in [4.69, 9.17) is 17.3 Å². The quantitative estimate of drug-likeness (QED) is 0.776. The van der Waals surface area contributed by atoms with Crippen molar-refractivity contribution in [1.82, 2.24) is 0 Å². The van der Waals surface area contributed by atoms with Gasteiger partial charge in [-0.25, -0.2) is 0 Å². The van der Waals surface area contributed by atoms with E-state index in [0.717, 1.165) is 34.2 Å². The maximum absolute atomic E-state index is 6.12. The van der Waals surface area contributed by atoms with Crippen molar-refractivity contribution in [2.24, 2.45) is 23.2 Å². The Balaban J connectivity index is 1.57. The summed E-state index contributed by atoms with van der Waals surface area (Å²) in [5, 5.41) is 4.45. The van der Waals surface area contributed by atoms with Crippen molar-refractivity contribution in [3.8, 4) is 0 Å². The average molecular weight is 305 g/mol. The summed E-state index contributed by atoms with van der Waals surface area (Å²) in [5.74, 6) is 2.95. The number of nitrogens with two attached hydrogens (primary N) is 1. The molecule has 0 amide bonds. The molecular formula is C18H25ClN2. The van der Waals surface area contributed by atoms with Crippen LogP contribution in [0.25, 0.3) is 0 Å². The highest BCUT2D eigenvalue weighted by molar-refractivity contribution is 6.31. The van der Waals surface area contributed by atoms with Crippen molar-refractivity contribution in [3.63, 3.8) is 0 Å². The summed E-state index contributed by atoms with van der Waals surface area (Å²) in [6.07, 6.45) is 8.71. The Morgan fingerprint density at radius 3 is 2.29 bits per heavy atom. The van der Waals surface area contributed by atoms with Gasteiger partial charge in [0.25, 0.3) is 0 Å². The first kappa shape index (κ1) is 13.8. The van der Waals surface area contributed by atoms with Gasteiger partial charge in [0, 0.05) is 11.1 Å². The zero-order chi connectivity index (χ0) is 14.6. The van der Waals surface area contributed by atoms with Gasteiger partial charge < -0.3 is 11.1 Å². The molecular weight excluding hydrogens is 280 g/mol. The normalized spacial score (nSPS) is 38.5. The Hall–Kier alpha value is -0.890. The molecule has 0 aliphatic heterocycles. The van der Waals surface area contributed by atoms with E-state index in [1.54, 1.807) is 0 Å². The first-order valence-electron chi connectivity index (χ1n) is 8.36. The van der Waals surface area contributed by atoms with Crippen molar-refractivity contribution >= 4 is 23.0 Å². The molecule has 21 heavy (non-hydrogen) atoms. The third kappa shape index (κ3) is 2.32. The van der Waals surface area contributed by atoms with Crippen LogP contribution in [-0.4, -0.2) is 6.04 Å². The summed E-state index contributed by atoms with van der Waals surface area (Å²) >= 11 is 6.12. The lowest BCUT2D eigenvalue weighted by Gasteiger charge is -2.59. The van der Waals surface area contributed by atoms with Crippen LogP contribution in [0.3, 0.4) is 0 Å². The maximum Gasteiger partial charge on any atom is 0.0591 e. The Morgan fingerprint density at radius 1 is 1.14 bits per heavy atom. The fraction of sp³-hybridized carbons (Fsp3) is 0.667. The molecule has 0 aromatic heterocycles. The zero-order valence-electron chi connectivity index (χ0n) is 12.7. The molecule has 4 aliphatic carbocycles. The maximum atomic E-state index is 6.12. The van der Waals surface area contributed by atoms with Gasteiger partial charge in [0.15, 0.2) is 0 Å². The third-order valence-corrected chi connectivity index (χ3v) is 6.63. The van der Waals surface area contributed by atoms with E-state index >= 15 is 0 Å². The molecule has 4 saturated carbocycles. The molecule has 5 rings (SSSR count). The van der Waals surface area contributed by atoms with E-state index < -0.39 is 0 Å². The summed E-state index contributed by atoms with van der Waals surface area (Å²) in [6, 6.07) is 6.20. The van der Waals surface area contributed by atoms with Gasteiger partial charge in [0.2, 0.25) is 0 Å². The fourth-order valence-corrected chi connectivity index (χ4v) is 5.92. The van der Waals surface area contributed by atoms with Crippen LogP contribution in [0.2, 0.25) is 5.02 Å². The van der Waals surface area contributed by atoms with Gasteiger partial charge in [-0.2, -0.15) is 0 Å². The molecule has 0 radical (unpaired) electrons. The minimum atomic E-state index is 0.478. The molecule has 1 aromatic rings. The highest BCUT2D eigenvalue weighted by Crippen LogP contribution is 2.61. The number of benzene rings is 1. The highest BCUT2D eigenvalue weighted by atomic mass is 35.5. The number of rotatable bonds is 3. The smallest absolute Gasteiger partial charge is 0.0591 e. The van der Waals surface area contributed by atoms with Crippen LogP contribution in [0.4, 0.5) is 11.4 Å². The molecule has 1 atom stereocenters. The van der Waals surface area contributed by atoms with E-state index in [-0.39, 0.29) is 0 Å². The van der Waals surface area contributed by atoms with Gasteiger partial charge in [-0.1, -0.05) is 11.6 Å². The minimum Gasteiger partial charge on any atom is -0.397 e. The standard InChI is InChI=1S/C18H25ClN2/c1-11(21-17-7-15(19)2-3-16(17)20)18-8-12-4-13(9-18)6-14(5-12)10-18/h2-3,7,11-14,21H,4-6,8-10,20H2,1H3. The second-order valence-electron chi connectivity index (χ2n) is 7.88. The number of halogens is 1. The van der Waals surface area contributed by atoms with Crippen LogP contribution in [0.5, 0.6) is 0 Å². The van der Waals surface area contributed by atoms with Crippen molar-refractivity contribution in [3.05, 3.63) is 23.2 Å². The van der Waals surface area contributed by atoms with Crippen LogP contribution >= 0.6 is 11.6 Å². The van der Waals surface area contributed by atoms with Crippen molar-refractivity contribution in [2.45, 2.75) is 51.5 Å². The van der Waals surface area contributed by atoms with Crippen LogP contribution in [0, 0.1) is 23.2 Å². The predicted octanol–water partition coefficient (Wildman–Crippen LogP) is 4.94. The van der Waals surface area contributed by atoms with Crippen LogP contribution < -0.4 is 11.1 Å². The molecule has 4 bridgehead atoms. The Kier molecular flexibility index (Phi) is 3.15. The van der Waals surface area contributed by atoms with Crippen LogP contribution in [-0.2, 0) is 0 Å². The van der Waals surface area contributed by atoms with Crippen molar-refractivity contribution in [2.75, 3.05) is 11.1 Å². The van der Waals surface area contributed by atoms with Gasteiger partial charge in [0.1, 0.15) is 0 Å². The van der Waals surface area contributed by atoms with Gasteiger partial charge in [-0.3, -0.25) is 0 Å². The first-order valence-corrected chi connectivity index (χ1v) is 8.73. The Labute approximate surface area is 132 Å². The second-order valence-corrected chi connectivity index (χ2v) is 8.31. The number of hydrogen-bond donors (Lipinski definition) is 2. The largest absolute Gasteiger partial charge is 0.397 e. The van der Waals surface area contributed by atoms with Gasteiger partial charge >= 0.3 is 0 Å². The van der Waals surface area contributed by atoms with Crippen molar-refractivity contribution in [1.29, 1.82) is 0 Å². The molecule has 0 heterocycles. The fourth-order valence-electron chi connectivity index (χ4n) is 5.75. The molecule has 0 spiro atoms. The monoisotopic (exact) mass is 304 g/mol.